The average Bonchev–Trinajstić information content (AvgIpc) is 2.32. The van der Waals surface area contributed by atoms with Crippen LogP contribution in [0.1, 0.15) is 0 Å². The van der Waals surface area contributed by atoms with E-state index in [0.29, 0.717) is 0 Å². The minimum Gasteiger partial charge on any atom is -0.382 e. The van der Waals surface area contributed by atoms with Crippen LogP contribution in [0.15, 0.2) is 0 Å². The molecular weight excluding hydrogens is 301 g/mol. The number of rotatable bonds is 6. The predicted molar refractivity (Wildman–Crippen MR) is 67.3 cm³/mol. The fourth-order valence-electron chi connectivity index (χ4n) is 1.25. The molecule has 0 radical (unpaired) electrons. The van der Waals surface area contributed by atoms with Crippen molar-refractivity contribution < 1.29 is 18.3 Å². The largest absolute Gasteiger partial charge is 0.415 e. The Hall–Kier alpha value is -1.39. The van der Waals surface area contributed by atoms with Gasteiger partial charge in [-0.15, -0.1) is 10.2 Å². The molecule has 4 N–H and O–H groups in total. The van der Waals surface area contributed by atoms with Crippen LogP contribution in [-0.2, 0) is 0 Å². The second-order valence-corrected chi connectivity index (χ2v) is 4.42. The monoisotopic (exact) mass is 314 g/mol. The van der Waals surface area contributed by atoms with Crippen LogP contribution in [0.5, 0.6) is 0 Å². The number of nitrogens with one attached hydrogen (secondary N) is 1. The van der Waals surface area contributed by atoms with Crippen molar-refractivity contribution in [1.82, 2.24) is 20.1 Å². The highest BCUT2D eigenvalue weighted by Crippen LogP contribution is 2.20. The van der Waals surface area contributed by atoms with Gasteiger partial charge in [-0.25, -0.2) is 0 Å². The van der Waals surface area contributed by atoms with Gasteiger partial charge in [0.05, 0.1) is 0 Å². The normalized spacial score (nSPS) is 13.6. The van der Waals surface area contributed by atoms with Gasteiger partial charge < -0.3 is 21.1 Å². The lowest BCUT2D eigenvalue weighted by Gasteiger charge is -2.22. The van der Waals surface area contributed by atoms with Gasteiger partial charge in [-0.05, 0) is 7.05 Å². The maximum Gasteiger partial charge on any atom is 0.415 e. The standard InChI is InChI=1S/C9H14ClF3N6O/c1-19(4-5(20)9(11,12)13)3-2-15-8-16-7(14)6(10)17-18-8/h5,20H,2-4H2,1H3,(H3,14,15,16,18)/t5-/m1/s1. The number of likely N-dealkylation sites (N-methyl/N-ethyl adjacent to an activating group) is 1. The molecule has 0 aliphatic heterocycles. The summed E-state index contributed by atoms with van der Waals surface area (Å²) in [6.45, 7) is -0.0318. The summed E-state index contributed by atoms with van der Waals surface area (Å²) in [6.07, 6.45) is -7.00. The zero-order chi connectivity index (χ0) is 15.3. The molecule has 20 heavy (non-hydrogen) atoms. The third kappa shape index (κ3) is 5.31. The number of nitrogens with zero attached hydrogens (tertiary/aromatic N) is 4. The topological polar surface area (TPSA) is 100 Å². The third-order valence-corrected chi connectivity index (χ3v) is 2.58. The Morgan fingerprint density at radius 2 is 2.10 bits per heavy atom. The molecule has 0 spiro atoms. The number of aromatic nitrogens is 3. The van der Waals surface area contributed by atoms with Gasteiger partial charge in [-0.1, -0.05) is 11.6 Å². The Balaban J connectivity index is 2.35. The maximum atomic E-state index is 12.1. The van der Waals surface area contributed by atoms with E-state index in [0.717, 1.165) is 0 Å². The summed E-state index contributed by atoms with van der Waals surface area (Å²) >= 11 is 5.53. The van der Waals surface area contributed by atoms with Crippen LogP contribution < -0.4 is 11.1 Å². The van der Waals surface area contributed by atoms with E-state index in [1.54, 1.807) is 0 Å². The van der Waals surface area contributed by atoms with Crippen molar-refractivity contribution >= 4 is 23.4 Å². The molecule has 7 nitrogen and oxygen atoms in total. The molecule has 0 saturated heterocycles. The van der Waals surface area contributed by atoms with Crippen LogP contribution in [0.3, 0.4) is 0 Å². The van der Waals surface area contributed by atoms with E-state index in [1.165, 1.54) is 11.9 Å². The summed E-state index contributed by atoms with van der Waals surface area (Å²) in [4.78, 5) is 5.10. The van der Waals surface area contributed by atoms with Crippen LogP contribution in [-0.4, -0.2) is 64.1 Å². The van der Waals surface area contributed by atoms with Gasteiger partial charge in [-0.2, -0.15) is 18.2 Å². The predicted octanol–water partition coefficient (Wildman–Crippen LogP) is 0.374. The van der Waals surface area contributed by atoms with Crippen molar-refractivity contribution in [3.63, 3.8) is 0 Å². The number of aliphatic hydroxyl groups excluding tert-OH is 1. The van der Waals surface area contributed by atoms with Gasteiger partial charge >= 0.3 is 6.18 Å². The zero-order valence-electron chi connectivity index (χ0n) is 10.5. The van der Waals surface area contributed by atoms with E-state index >= 15 is 0 Å². The molecule has 0 aliphatic rings. The van der Waals surface area contributed by atoms with E-state index in [4.69, 9.17) is 22.4 Å². The molecule has 1 heterocycles. The Morgan fingerprint density at radius 1 is 1.45 bits per heavy atom. The summed E-state index contributed by atoms with van der Waals surface area (Å²) in [5.41, 5.74) is 5.41. The molecule has 0 amide bonds. The van der Waals surface area contributed by atoms with Crippen LogP contribution in [0.25, 0.3) is 0 Å². The lowest BCUT2D eigenvalue weighted by molar-refractivity contribution is -0.207. The van der Waals surface area contributed by atoms with Crippen LogP contribution in [0.4, 0.5) is 24.9 Å². The van der Waals surface area contributed by atoms with Crippen molar-refractivity contribution in [2.75, 3.05) is 37.7 Å². The van der Waals surface area contributed by atoms with Crippen molar-refractivity contribution in [2.24, 2.45) is 0 Å². The molecule has 1 aromatic heterocycles. The number of aliphatic hydroxyl groups is 1. The fraction of sp³-hybridized carbons (Fsp3) is 0.667. The van der Waals surface area contributed by atoms with Gasteiger partial charge in [0.2, 0.25) is 5.95 Å². The number of nitrogens with two attached hydrogens (primary N) is 1. The minimum absolute atomic E-state index is 0.00464. The lowest BCUT2D eigenvalue weighted by atomic mass is 10.3. The number of halogens is 4. The first-order valence-corrected chi connectivity index (χ1v) is 5.91. The molecule has 0 fully saturated rings. The Bertz CT molecular complexity index is 446. The second-order valence-electron chi connectivity index (χ2n) is 4.06. The van der Waals surface area contributed by atoms with Crippen molar-refractivity contribution in [1.29, 1.82) is 0 Å². The first kappa shape index (κ1) is 16.7. The van der Waals surface area contributed by atoms with Crippen molar-refractivity contribution in [3.05, 3.63) is 5.15 Å². The number of anilines is 2. The molecular formula is C9H14ClF3N6O. The average molecular weight is 315 g/mol. The summed E-state index contributed by atoms with van der Waals surface area (Å²) in [5.74, 6) is 0.127. The first-order valence-electron chi connectivity index (χ1n) is 5.53. The van der Waals surface area contributed by atoms with E-state index < -0.39 is 18.8 Å². The van der Waals surface area contributed by atoms with Crippen molar-refractivity contribution in [3.8, 4) is 0 Å². The number of alkyl halides is 3. The molecule has 1 atom stereocenters. The lowest BCUT2D eigenvalue weighted by Crippen LogP contribution is -2.40. The molecule has 0 aromatic carbocycles. The van der Waals surface area contributed by atoms with Gasteiger partial charge in [0.25, 0.3) is 0 Å². The number of hydrogen-bond acceptors (Lipinski definition) is 7. The van der Waals surface area contributed by atoms with Gasteiger partial charge in [0.15, 0.2) is 17.1 Å². The molecule has 11 heteroatoms. The van der Waals surface area contributed by atoms with Gasteiger partial charge in [-0.3, -0.25) is 0 Å². The molecule has 0 unspecified atom stereocenters. The van der Waals surface area contributed by atoms with Crippen LogP contribution in [0, 0.1) is 0 Å². The molecule has 114 valence electrons. The zero-order valence-corrected chi connectivity index (χ0v) is 11.3. The molecule has 1 rings (SSSR count). The van der Waals surface area contributed by atoms with Gasteiger partial charge in [0.1, 0.15) is 0 Å². The Labute approximate surface area is 117 Å². The third-order valence-electron chi connectivity index (χ3n) is 2.31. The van der Waals surface area contributed by atoms with Crippen molar-refractivity contribution in [2.45, 2.75) is 12.3 Å². The number of nitrogen functional groups attached to an aromatic ring is 1. The summed E-state index contributed by atoms with van der Waals surface area (Å²) in [6, 6.07) is 0. The maximum absolute atomic E-state index is 12.1. The first-order chi connectivity index (χ1) is 9.20. The molecule has 0 saturated carbocycles. The highest BCUT2D eigenvalue weighted by molar-refractivity contribution is 6.31. The molecule has 0 aliphatic carbocycles. The summed E-state index contributed by atoms with van der Waals surface area (Å²) < 4.78 is 36.4. The van der Waals surface area contributed by atoms with E-state index in [2.05, 4.69) is 20.5 Å². The van der Waals surface area contributed by atoms with Crippen LogP contribution >= 0.6 is 11.6 Å². The Kier molecular flexibility index (Phi) is 5.72. The highest BCUT2D eigenvalue weighted by Gasteiger charge is 2.38. The van der Waals surface area contributed by atoms with Gasteiger partial charge in [0, 0.05) is 19.6 Å². The van der Waals surface area contributed by atoms with E-state index in [1.807, 2.05) is 0 Å². The SMILES string of the molecule is CN(CCNc1nnc(Cl)c(N)n1)C[C@@H](O)C(F)(F)F. The second kappa shape index (κ2) is 6.86. The smallest absolute Gasteiger partial charge is 0.382 e. The molecule has 1 aromatic rings. The quantitative estimate of drug-likeness (QED) is 0.697. The van der Waals surface area contributed by atoms with Crippen LogP contribution in [0.2, 0.25) is 5.15 Å². The van der Waals surface area contributed by atoms with E-state index in [-0.39, 0.29) is 30.0 Å². The Morgan fingerprint density at radius 3 is 2.65 bits per heavy atom. The summed E-state index contributed by atoms with van der Waals surface area (Å²) in [5, 5.41) is 18.7. The fourth-order valence-corrected chi connectivity index (χ4v) is 1.33. The number of hydrogen-bond donors (Lipinski definition) is 3. The summed E-state index contributed by atoms with van der Waals surface area (Å²) in [7, 11) is 1.45. The van der Waals surface area contributed by atoms with E-state index in [9.17, 15) is 13.2 Å². The molecule has 0 bridgehead atoms. The minimum atomic E-state index is -4.63. The highest BCUT2D eigenvalue weighted by atomic mass is 35.5.